The molecule has 3 fully saturated rings. The van der Waals surface area contributed by atoms with Gasteiger partial charge in [0.05, 0.1) is 25.5 Å². The van der Waals surface area contributed by atoms with Crippen LogP contribution in [0.1, 0.15) is 47.3 Å². The zero-order chi connectivity index (χ0) is 17.6. The minimum atomic E-state index is -0.792. The minimum absolute atomic E-state index is 0.0927. The molecule has 0 bridgehead atoms. The van der Waals surface area contributed by atoms with Gasteiger partial charge in [-0.2, -0.15) is 0 Å². The molecule has 2 N–H and O–H groups in total. The summed E-state index contributed by atoms with van der Waals surface area (Å²) in [6.45, 7) is 3.09. The van der Waals surface area contributed by atoms with Crippen LogP contribution in [0, 0.1) is 12.3 Å². The fraction of sp³-hybridized carbons (Fsp3) is 0.706. The van der Waals surface area contributed by atoms with Crippen molar-refractivity contribution in [2.75, 3.05) is 32.9 Å². The number of carbonyl (C=O) groups excluding carboxylic acids is 2. The molecular formula is C17H23N3O5. The zero-order valence-corrected chi connectivity index (χ0v) is 14.3. The minimum Gasteiger partial charge on any atom is -0.435 e. The van der Waals surface area contributed by atoms with Crippen molar-refractivity contribution in [1.29, 1.82) is 0 Å². The third kappa shape index (κ3) is 2.93. The second-order valence-electron chi connectivity index (χ2n) is 7.38. The number of hydrogen-bond donors (Lipinski definition) is 2. The Morgan fingerprint density at radius 3 is 2.72 bits per heavy atom. The molecule has 0 spiro atoms. The average molecular weight is 349 g/mol. The lowest BCUT2D eigenvalue weighted by molar-refractivity contribution is -0.179. The summed E-state index contributed by atoms with van der Waals surface area (Å²) in [4.78, 5) is 31.1. The molecule has 0 aromatic carbocycles. The molecular weight excluding hydrogens is 326 g/mol. The van der Waals surface area contributed by atoms with Crippen molar-refractivity contribution in [2.45, 2.75) is 38.1 Å². The van der Waals surface area contributed by atoms with Crippen molar-refractivity contribution in [1.82, 2.24) is 15.2 Å². The topological polar surface area (TPSA) is 105 Å². The van der Waals surface area contributed by atoms with Gasteiger partial charge in [0.2, 0.25) is 11.7 Å². The van der Waals surface area contributed by atoms with Gasteiger partial charge >= 0.3 is 0 Å². The molecule has 1 unspecified atom stereocenters. The summed E-state index contributed by atoms with van der Waals surface area (Å²) in [5.74, 6) is 0.913. The molecule has 2 amide bonds. The summed E-state index contributed by atoms with van der Waals surface area (Å²) >= 11 is 0. The van der Waals surface area contributed by atoms with E-state index in [0.717, 1.165) is 12.8 Å². The summed E-state index contributed by atoms with van der Waals surface area (Å²) in [7, 11) is 0. The van der Waals surface area contributed by atoms with Gasteiger partial charge in [-0.05, 0) is 26.2 Å². The van der Waals surface area contributed by atoms with E-state index in [4.69, 9.17) is 9.15 Å². The van der Waals surface area contributed by atoms with Gasteiger partial charge in [0, 0.05) is 25.0 Å². The Morgan fingerprint density at radius 1 is 1.36 bits per heavy atom. The van der Waals surface area contributed by atoms with E-state index in [1.807, 2.05) is 0 Å². The Hall–Kier alpha value is -1.93. The number of aryl methyl sites for hydroxylation is 1. The third-order valence-corrected chi connectivity index (χ3v) is 5.27. The molecule has 2 aliphatic heterocycles. The van der Waals surface area contributed by atoms with Crippen molar-refractivity contribution in [3.63, 3.8) is 0 Å². The van der Waals surface area contributed by atoms with Gasteiger partial charge in [-0.3, -0.25) is 9.59 Å². The highest BCUT2D eigenvalue weighted by Gasteiger charge is 2.48. The Kier molecular flexibility index (Phi) is 4.04. The lowest BCUT2D eigenvalue weighted by Gasteiger charge is -2.40. The number of amides is 2. The number of rotatable bonds is 5. The number of nitrogens with one attached hydrogen (secondary N) is 1. The van der Waals surface area contributed by atoms with Gasteiger partial charge in [-0.15, -0.1) is 0 Å². The number of hydrogen-bond acceptors (Lipinski definition) is 6. The van der Waals surface area contributed by atoms with Gasteiger partial charge in [0.15, 0.2) is 5.89 Å². The number of aromatic nitrogens is 1. The molecule has 1 aliphatic carbocycles. The van der Waals surface area contributed by atoms with E-state index in [1.165, 1.54) is 0 Å². The molecule has 3 aliphatic rings. The molecule has 1 aromatic heterocycles. The number of carbonyl (C=O) groups is 2. The van der Waals surface area contributed by atoms with Crippen LogP contribution in [0.3, 0.4) is 0 Å². The van der Waals surface area contributed by atoms with E-state index in [-0.39, 0.29) is 43.4 Å². The Balaban J connectivity index is 1.36. The molecule has 2 saturated heterocycles. The summed E-state index contributed by atoms with van der Waals surface area (Å²) < 4.78 is 10.7. The molecule has 0 radical (unpaired) electrons. The quantitative estimate of drug-likeness (QED) is 0.787. The third-order valence-electron chi connectivity index (χ3n) is 5.27. The van der Waals surface area contributed by atoms with Gasteiger partial charge in [-0.1, -0.05) is 0 Å². The van der Waals surface area contributed by atoms with Gasteiger partial charge in [0.25, 0.3) is 5.91 Å². The highest BCUT2D eigenvalue weighted by Crippen LogP contribution is 2.40. The zero-order valence-electron chi connectivity index (χ0n) is 14.3. The van der Waals surface area contributed by atoms with E-state index >= 15 is 0 Å². The van der Waals surface area contributed by atoms with Gasteiger partial charge in [0.1, 0.15) is 5.41 Å². The standard InChI is InChI=1S/C17H23N3O5/c1-10-13(25-15(18-10)11-2-3-11)14(22)19-12-4-5-20(6-12)16(23)17(7-21)8-24-9-17/h11-12,21H,2-9H2,1H3,(H,19,22). The molecule has 4 rings (SSSR count). The number of aliphatic hydroxyl groups is 1. The monoisotopic (exact) mass is 349 g/mol. The molecule has 1 atom stereocenters. The van der Waals surface area contributed by atoms with Crippen LogP contribution < -0.4 is 5.32 Å². The lowest BCUT2D eigenvalue weighted by atomic mass is 9.85. The van der Waals surface area contributed by atoms with Crippen LogP contribution in [-0.2, 0) is 9.53 Å². The van der Waals surface area contributed by atoms with Gasteiger partial charge in [-0.25, -0.2) is 4.98 Å². The average Bonchev–Trinajstić information content (AvgIpc) is 3.17. The van der Waals surface area contributed by atoms with Crippen LogP contribution in [0.2, 0.25) is 0 Å². The summed E-state index contributed by atoms with van der Waals surface area (Å²) in [6, 6.07) is -0.123. The molecule has 25 heavy (non-hydrogen) atoms. The van der Waals surface area contributed by atoms with Crippen LogP contribution >= 0.6 is 0 Å². The molecule has 1 saturated carbocycles. The maximum absolute atomic E-state index is 12.6. The van der Waals surface area contributed by atoms with E-state index in [0.29, 0.717) is 37.0 Å². The Morgan fingerprint density at radius 2 is 2.12 bits per heavy atom. The van der Waals surface area contributed by atoms with Crippen molar-refractivity contribution in [3.05, 3.63) is 17.3 Å². The van der Waals surface area contributed by atoms with Crippen LogP contribution in [0.25, 0.3) is 0 Å². The fourth-order valence-electron chi connectivity index (χ4n) is 3.41. The van der Waals surface area contributed by atoms with Crippen molar-refractivity contribution >= 4 is 11.8 Å². The van der Waals surface area contributed by atoms with Crippen molar-refractivity contribution in [3.8, 4) is 0 Å². The van der Waals surface area contributed by atoms with Gasteiger partial charge < -0.3 is 24.5 Å². The summed E-state index contributed by atoms with van der Waals surface area (Å²) in [5.41, 5.74) is -0.185. The second-order valence-corrected chi connectivity index (χ2v) is 7.38. The first-order valence-electron chi connectivity index (χ1n) is 8.78. The molecule has 1 aromatic rings. The maximum atomic E-state index is 12.6. The van der Waals surface area contributed by atoms with E-state index < -0.39 is 5.41 Å². The molecule has 3 heterocycles. The number of likely N-dealkylation sites (tertiary alicyclic amines) is 1. The Bertz CT molecular complexity index is 687. The first-order chi connectivity index (χ1) is 12.0. The summed E-state index contributed by atoms with van der Waals surface area (Å²) in [6.07, 6.45) is 2.82. The molecule has 8 nitrogen and oxygen atoms in total. The summed E-state index contributed by atoms with van der Waals surface area (Å²) in [5, 5.41) is 12.4. The predicted octanol–water partition coefficient (Wildman–Crippen LogP) is 0.200. The highest BCUT2D eigenvalue weighted by molar-refractivity contribution is 5.92. The first kappa shape index (κ1) is 16.5. The van der Waals surface area contributed by atoms with Crippen LogP contribution in [-0.4, -0.2) is 65.8 Å². The lowest BCUT2D eigenvalue weighted by Crippen LogP contribution is -2.57. The second kappa shape index (κ2) is 6.10. The number of oxazole rings is 1. The Labute approximate surface area is 145 Å². The first-order valence-corrected chi connectivity index (χ1v) is 8.78. The maximum Gasteiger partial charge on any atom is 0.289 e. The number of aliphatic hydroxyl groups excluding tert-OH is 1. The van der Waals surface area contributed by atoms with E-state index in [2.05, 4.69) is 10.3 Å². The van der Waals surface area contributed by atoms with Crippen molar-refractivity contribution < 1.29 is 23.8 Å². The normalized spacial score (nSPS) is 24.9. The largest absolute Gasteiger partial charge is 0.435 e. The SMILES string of the molecule is Cc1nc(C2CC2)oc1C(=O)NC1CCN(C(=O)C2(CO)COC2)C1. The van der Waals surface area contributed by atoms with E-state index in [9.17, 15) is 14.7 Å². The highest BCUT2D eigenvalue weighted by atomic mass is 16.5. The van der Waals surface area contributed by atoms with Crippen LogP contribution in [0.4, 0.5) is 0 Å². The molecule has 136 valence electrons. The molecule has 8 heteroatoms. The van der Waals surface area contributed by atoms with Crippen LogP contribution in [0.5, 0.6) is 0 Å². The fourth-order valence-corrected chi connectivity index (χ4v) is 3.41. The predicted molar refractivity (Wildman–Crippen MR) is 86.0 cm³/mol. The van der Waals surface area contributed by atoms with E-state index in [1.54, 1.807) is 11.8 Å². The van der Waals surface area contributed by atoms with Crippen LogP contribution in [0.15, 0.2) is 4.42 Å². The number of ether oxygens (including phenoxy) is 1. The van der Waals surface area contributed by atoms with Crippen molar-refractivity contribution in [2.24, 2.45) is 5.41 Å². The number of nitrogens with zero attached hydrogens (tertiary/aromatic N) is 2. The smallest absolute Gasteiger partial charge is 0.289 e.